The minimum atomic E-state index is -3.69. The van der Waals surface area contributed by atoms with Crippen molar-refractivity contribution in [2.75, 3.05) is 18.4 Å². The molecule has 1 fully saturated rings. The lowest BCUT2D eigenvalue weighted by Crippen LogP contribution is -2.48. The van der Waals surface area contributed by atoms with E-state index in [1.54, 1.807) is 13.0 Å². The quantitative estimate of drug-likeness (QED) is 0.596. The van der Waals surface area contributed by atoms with Gasteiger partial charge in [0.2, 0.25) is 10.0 Å². The fourth-order valence-electron chi connectivity index (χ4n) is 3.77. The Hall–Kier alpha value is -2.72. The van der Waals surface area contributed by atoms with Gasteiger partial charge in [0.05, 0.1) is 22.5 Å². The summed E-state index contributed by atoms with van der Waals surface area (Å²) >= 11 is 6.07. The third-order valence-electron chi connectivity index (χ3n) is 5.37. The van der Waals surface area contributed by atoms with Gasteiger partial charge in [-0.05, 0) is 62.7 Å². The maximum atomic E-state index is 13.0. The van der Waals surface area contributed by atoms with Crippen LogP contribution in [0.1, 0.15) is 30.0 Å². The van der Waals surface area contributed by atoms with Crippen LogP contribution in [0.15, 0.2) is 56.6 Å². The fourth-order valence-corrected chi connectivity index (χ4v) is 5.52. The number of fused-ring (bicyclic) bond motifs is 1. The molecule has 1 aromatic heterocycles. The van der Waals surface area contributed by atoms with Gasteiger partial charge in [-0.1, -0.05) is 11.6 Å². The molecule has 2 heterocycles. The summed E-state index contributed by atoms with van der Waals surface area (Å²) in [4.78, 5) is 25.2. The van der Waals surface area contributed by atoms with Crippen LogP contribution in [-0.2, 0) is 14.8 Å². The molecule has 1 aliphatic rings. The average molecular weight is 491 g/mol. The van der Waals surface area contributed by atoms with Crippen LogP contribution in [0.25, 0.3) is 11.0 Å². The molecule has 3 aromatic rings. The van der Waals surface area contributed by atoms with E-state index in [-0.39, 0.29) is 46.9 Å². The molecule has 10 heteroatoms. The number of benzene rings is 2. The zero-order chi connectivity index (χ0) is 23.9. The highest BCUT2D eigenvalue weighted by Crippen LogP contribution is 2.24. The highest BCUT2D eigenvalue weighted by atomic mass is 35.5. The fraction of sp³-hybridized carbons (Fsp3) is 0.304. The normalized spacial score (nSPS) is 19.5. The second kappa shape index (κ2) is 8.90. The van der Waals surface area contributed by atoms with Crippen LogP contribution in [0, 0.1) is 6.92 Å². The maximum Gasteiger partial charge on any atom is 0.291 e. The van der Waals surface area contributed by atoms with Gasteiger partial charge in [-0.3, -0.25) is 9.59 Å². The van der Waals surface area contributed by atoms with Crippen molar-refractivity contribution in [3.05, 3.63) is 69.0 Å². The van der Waals surface area contributed by atoms with Crippen molar-refractivity contribution < 1.29 is 22.4 Å². The second-order valence-corrected chi connectivity index (χ2v) is 10.5. The van der Waals surface area contributed by atoms with Gasteiger partial charge in [0.15, 0.2) is 11.2 Å². The molecule has 0 aliphatic carbocycles. The molecule has 174 valence electrons. The Morgan fingerprint density at radius 1 is 1.09 bits per heavy atom. The van der Waals surface area contributed by atoms with Crippen molar-refractivity contribution in [3.63, 3.8) is 0 Å². The highest BCUT2D eigenvalue weighted by Gasteiger charge is 2.32. The van der Waals surface area contributed by atoms with Crippen LogP contribution in [0.5, 0.6) is 0 Å². The number of aryl methyl sites for hydroxylation is 1. The van der Waals surface area contributed by atoms with Crippen LogP contribution in [-0.4, -0.2) is 43.9 Å². The van der Waals surface area contributed by atoms with Crippen molar-refractivity contribution in [3.8, 4) is 0 Å². The maximum absolute atomic E-state index is 13.0. The summed E-state index contributed by atoms with van der Waals surface area (Å²) in [5.74, 6) is -0.796. The minimum absolute atomic E-state index is 0.117. The van der Waals surface area contributed by atoms with Gasteiger partial charge < -0.3 is 14.5 Å². The molecular formula is C23H23ClN2O6S. The van der Waals surface area contributed by atoms with Crippen molar-refractivity contribution >= 4 is 44.2 Å². The largest absolute Gasteiger partial charge is 0.451 e. The number of hydrogen-bond donors (Lipinski definition) is 1. The number of hydrogen-bond acceptors (Lipinski definition) is 6. The molecule has 1 saturated heterocycles. The van der Waals surface area contributed by atoms with Crippen molar-refractivity contribution in [1.29, 1.82) is 0 Å². The molecule has 0 unspecified atom stereocenters. The van der Waals surface area contributed by atoms with E-state index in [4.69, 9.17) is 20.8 Å². The Morgan fingerprint density at radius 2 is 1.73 bits per heavy atom. The smallest absolute Gasteiger partial charge is 0.291 e. The van der Waals surface area contributed by atoms with Crippen LogP contribution in [0.2, 0.25) is 5.02 Å². The standard InChI is InChI=1S/C23H23ClN2O6S/c1-13-8-21-18(9-19(13)24)20(27)10-22(32-21)23(28)25-16-4-6-17(7-5-16)33(29,30)26-11-14(2)31-15(3)12-26/h4-10,14-15H,11-12H2,1-3H3,(H,25,28)/t14-,15+. The number of carbonyl (C=O) groups excluding carboxylic acids is 1. The third-order valence-corrected chi connectivity index (χ3v) is 7.62. The molecule has 33 heavy (non-hydrogen) atoms. The Labute approximate surface area is 196 Å². The Morgan fingerprint density at radius 3 is 2.36 bits per heavy atom. The summed E-state index contributed by atoms with van der Waals surface area (Å²) in [5.41, 5.74) is 0.937. The summed E-state index contributed by atoms with van der Waals surface area (Å²) in [6, 6.07) is 10.0. The summed E-state index contributed by atoms with van der Waals surface area (Å²) in [6.45, 7) is 5.98. The number of anilines is 1. The van der Waals surface area contributed by atoms with E-state index in [2.05, 4.69) is 5.32 Å². The van der Waals surface area contributed by atoms with E-state index in [9.17, 15) is 18.0 Å². The van der Waals surface area contributed by atoms with E-state index >= 15 is 0 Å². The van der Waals surface area contributed by atoms with Crippen LogP contribution >= 0.6 is 11.6 Å². The molecule has 0 bridgehead atoms. The highest BCUT2D eigenvalue weighted by molar-refractivity contribution is 7.89. The molecule has 1 amide bonds. The number of carbonyl (C=O) groups is 1. The second-order valence-electron chi connectivity index (χ2n) is 8.13. The molecule has 4 rings (SSSR count). The predicted octanol–water partition coefficient (Wildman–Crippen LogP) is 3.81. The van der Waals surface area contributed by atoms with Crippen LogP contribution in [0.3, 0.4) is 0 Å². The van der Waals surface area contributed by atoms with Gasteiger partial charge in [0.25, 0.3) is 5.91 Å². The van der Waals surface area contributed by atoms with Gasteiger partial charge in [-0.25, -0.2) is 8.42 Å². The summed E-state index contributed by atoms with van der Waals surface area (Å²) in [6.07, 6.45) is -0.392. The monoisotopic (exact) mass is 490 g/mol. The molecule has 1 aliphatic heterocycles. The van der Waals surface area contributed by atoms with E-state index in [0.29, 0.717) is 16.3 Å². The van der Waals surface area contributed by atoms with Gasteiger partial charge in [0.1, 0.15) is 5.58 Å². The number of ether oxygens (including phenoxy) is 1. The lowest BCUT2D eigenvalue weighted by Gasteiger charge is -2.34. The van der Waals surface area contributed by atoms with Crippen molar-refractivity contribution in [1.82, 2.24) is 4.31 Å². The first-order valence-electron chi connectivity index (χ1n) is 10.4. The molecule has 2 atom stereocenters. The van der Waals surface area contributed by atoms with Crippen molar-refractivity contribution in [2.24, 2.45) is 0 Å². The molecule has 8 nitrogen and oxygen atoms in total. The Bertz CT molecular complexity index is 1370. The third kappa shape index (κ3) is 4.81. The molecule has 0 radical (unpaired) electrons. The van der Waals surface area contributed by atoms with Crippen LogP contribution < -0.4 is 10.7 Å². The number of halogens is 1. The zero-order valence-corrected chi connectivity index (χ0v) is 19.9. The van der Waals surface area contributed by atoms with Crippen LogP contribution in [0.4, 0.5) is 5.69 Å². The first-order valence-corrected chi connectivity index (χ1v) is 12.2. The van der Waals surface area contributed by atoms with E-state index in [1.807, 2.05) is 13.8 Å². The zero-order valence-electron chi connectivity index (χ0n) is 18.3. The minimum Gasteiger partial charge on any atom is -0.451 e. The molecule has 0 saturated carbocycles. The molecule has 0 spiro atoms. The number of amides is 1. The Balaban J connectivity index is 1.54. The van der Waals surface area contributed by atoms with E-state index in [1.165, 1.54) is 34.6 Å². The summed E-state index contributed by atoms with van der Waals surface area (Å²) in [7, 11) is -3.69. The van der Waals surface area contributed by atoms with Gasteiger partial charge >= 0.3 is 0 Å². The SMILES string of the molecule is Cc1cc2oc(C(=O)Nc3ccc(S(=O)(=O)N4C[C@@H](C)O[C@@H](C)C4)cc3)cc(=O)c2cc1Cl. The lowest BCUT2D eigenvalue weighted by atomic mass is 10.1. The molecule has 2 aromatic carbocycles. The number of rotatable bonds is 4. The topological polar surface area (TPSA) is 106 Å². The first-order chi connectivity index (χ1) is 15.5. The summed E-state index contributed by atoms with van der Waals surface area (Å²) in [5, 5.41) is 3.34. The number of morpholine rings is 1. The summed E-state index contributed by atoms with van der Waals surface area (Å²) < 4.78 is 38.6. The Kier molecular flexibility index (Phi) is 6.32. The van der Waals surface area contributed by atoms with Gasteiger partial charge in [-0.2, -0.15) is 4.31 Å². The number of sulfonamides is 1. The first kappa shape index (κ1) is 23.4. The van der Waals surface area contributed by atoms with Gasteiger partial charge in [-0.15, -0.1) is 0 Å². The van der Waals surface area contributed by atoms with E-state index in [0.717, 1.165) is 6.07 Å². The predicted molar refractivity (Wildman–Crippen MR) is 125 cm³/mol. The van der Waals surface area contributed by atoms with Gasteiger partial charge in [0, 0.05) is 29.9 Å². The average Bonchev–Trinajstić information content (AvgIpc) is 2.74. The molecule has 1 N–H and O–H groups in total. The number of nitrogens with zero attached hydrogens (tertiary/aromatic N) is 1. The lowest BCUT2D eigenvalue weighted by molar-refractivity contribution is -0.0440. The van der Waals surface area contributed by atoms with E-state index < -0.39 is 21.4 Å². The molecular weight excluding hydrogens is 468 g/mol. The van der Waals surface area contributed by atoms with Crippen molar-refractivity contribution in [2.45, 2.75) is 37.9 Å². The number of nitrogens with one attached hydrogen (secondary N) is 1.